The largest absolute Gasteiger partial charge is 0.334 e. The van der Waals surface area contributed by atoms with Crippen molar-refractivity contribution in [1.82, 2.24) is 15.1 Å². The number of nitrogens with one attached hydrogen (secondary N) is 1. The lowest BCUT2D eigenvalue weighted by Crippen LogP contribution is -2.40. The number of aromatic amines is 1. The third-order valence-electron chi connectivity index (χ3n) is 4.40. The average molecular weight is 261 g/mol. The molecule has 19 heavy (non-hydrogen) atoms. The summed E-state index contributed by atoms with van der Waals surface area (Å²) in [4.78, 5) is 25.4. The van der Waals surface area contributed by atoms with Crippen LogP contribution in [0.15, 0.2) is 16.9 Å². The summed E-state index contributed by atoms with van der Waals surface area (Å²) in [5.74, 6) is 0.625. The Labute approximate surface area is 112 Å². The van der Waals surface area contributed by atoms with Crippen LogP contribution in [0.3, 0.4) is 0 Å². The minimum atomic E-state index is -0.273. The number of likely N-dealkylation sites (tertiary alicyclic amines) is 1. The topological polar surface area (TPSA) is 66.1 Å². The molecule has 1 saturated heterocycles. The molecule has 3 rings (SSSR count). The summed E-state index contributed by atoms with van der Waals surface area (Å²) in [6.45, 7) is 0.820. The maximum absolute atomic E-state index is 12.5. The number of hydrogen-bond donors (Lipinski definition) is 1. The van der Waals surface area contributed by atoms with Crippen molar-refractivity contribution < 1.29 is 4.79 Å². The third-order valence-corrected chi connectivity index (χ3v) is 4.40. The first-order valence-electron chi connectivity index (χ1n) is 7.12. The van der Waals surface area contributed by atoms with E-state index in [9.17, 15) is 9.59 Å². The van der Waals surface area contributed by atoms with E-state index in [2.05, 4.69) is 10.2 Å². The van der Waals surface area contributed by atoms with Crippen molar-refractivity contribution in [2.75, 3.05) is 6.54 Å². The molecule has 0 unspecified atom stereocenters. The maximum atomic E-state index is 12.5. The summed E-state index contributed by atoms with van der Waals surface area (Å²) in [5, 5.41) is 6.19. The maximum Gasteiger partial charge on any atom is 0.274 e. The van der Waals surface area contributed by atoms with Crippen molar-refractivity contribution in [2.45, 2.75) is 44.6 Å². The van der Waals surface area contributed by atoms with Gasteiger partial charge in [-0.25, -0.2) is 5.10 Å². The minimum absolute atomic E-state index is 0.0364. The van der Waals surface area contributed by atoms with Crippen LogP contribution in [0, 0.1) is 5.92 Å². The zero-order valence-corrected chi connectivity index (χ0v) is 11.0. The molecule has 0 radical (unpaired) electrons. The van der Waals surface area contributed by atoms with Crippen molar-refractivity contribution in [3.8, 4) is 0 Å². The molecule has 102 valence electrons. The first-order chi connectivity index (χ1) is 9.25. The highest BCUT2D eigenvalue weighted by molar-refractivity contribution is 5.92. The van der Waals surface area contributed by atoms with Gasteiger partial charge in [-0.05, 0) is 37.7 Å². The van der Waals surface area contributed by atoms with Gasteiger partial charge in [-0.1, -0.05) is 12.8 Å². The summed E-state index contributed by atoms with van der Waals surface area (Å²) < 4.78 is 0. The van der Waals surface area contributed by atoms with Gasteiger partial charge in [-0.3, -0.25) is 9.59 Å². The fourth-order valence-electron chi connectivity index (χ4n) is 3.49. The van der Waals surface area contributed by atoms with E-state index in [0.29, 0.717) is 17.7 Å². The van der Waals surface area contributed by atoms with Crippen LogP contribution in [-0.2, 0) is 0 Å². The SMILES string of the molecule is O=C(c1ccc(=O)[nH]n1)N1CCC[C@H]1C1CCCC1. The van der Waals surface area contributed by atoms with Gasteiger partial charge in [-0.2, -0.15) is 5.10 Å². The molecule has 1 saturated carbocycles. The van der Waals surface area contributed by atoms with Crippen LogP contribution in [0.5, 0.6) is 0 Å². The zero-order valence-electron chi connectivity index (χ0n) is 11.0. The normalized spacial score (nSPS) is 24.0. The third kappa shape index (κ3) is 2.41. The molecular weight excluding hydrogens is 242 g/mol. The Hall–Kier alpha value is -1.65. The van der Waals surface area contributed by atoms with Gasteiger partial charge in [0, 0.05) is 18.7 Å². The summed E-state index contributed by atoms with van der Waals surface area (Å²) in [6, 6.07) is 3.26. The number of amides is 1. The van der Waals surface area contributed by atoms with Crippen LogP contribution in [0.1, 0.15) is 49.0 Å². The Morgan fingerprint density at radius 2 is 2.00 bits per heavy atom. The molecule has 1 N–H and O–H groups in total. The highest BCUT2D eigenvalue weighted by Gasteiger charge is 2.36. The molecule has 1 aromatic heterocycles. The summed E-state index contributed by atoms with van der Waals surface area (Å²) >= 11 is 0. The van der Waals surface area contributed by atoms with E-state index in [1.807, 2.05) is 4.90 Å². The number of H-pyrrole nitrogens is 1. The van der Waals surface area contributed by atoms with Crippen LogP contribution in [0.25, 0.3) is 0 Å². The Balaban J connectivity index is 1.78. The van der Waals surface area contributed by atoms with Gasteiger partial charge in [0.05, 0.1) is 0 Å². The first-order valence-corrected chi connectivity index (χ1v) is 7.12. The second kappa shape index (κ2) is 5.15. The first kappa shape index (κ1) is 12.4. The van der Waals surface area contributed by atoms with E-state index >= 15 is 0 Å². The van der Waals surface area contributed by atoms with Gasteiger partial charge in [0.1, 0.15) is 5.69 Å². The Morgan fingerprint density at radius 3 is 2.68 bits per heavy atom. The molecule has 2 fully saturated rings. The van der Waals surface area contributed by atoms with Crippen molar-refractivity contribution in [1.29, 1.82) is 0 Å². The Kier molecular flexibility index (Phi) is 3.36. The predicted molar refractivity (Wildman–Crippen MR) is 70.9 cm³/mol. The molecule has 1 aromatic rings. The molecule has 0 aromatic carbocycles. The summed E-state index contributed by atoms with van der Waals surface area (Å²) in [5.41, 5.74) is 0.0785. The van der Waals surface area contributed by atoms with Crippen LogP contribution in [0.4, 0.5) is 0 Å². The van der Waals surface area contributed by atoms with E-state index < -0.39 is 0 Å². The second-order valence-electron chi connectivity index (χ2n) is 5.56. The van der Waals surface area contributed by atoms with Gasteiger partial charge in [0.25, 0.3) is 11.5 Å². The molecule has 1 aliphatic carbocycles. The van der Waals surface area contributed by atoms with Crippen LogP contribution in [-0.4, -0.2) is 33.6 Å². The quantitative estimate of drug-likeness (QED) is 0.878. The highest BCUT2D eigenvalue weighted by atomic mass is 16.2. The van der Waals surface area contributed by atoms with E-state index in [-0.39, 0.29) is 11.5 Å². The van der Waals surface area contributed by atoms with Gasteiger partial charge in [-0.15, -0.1) is 0 Å². The van der Waals surface area contributed by atoms with E-state index in [0.717, 1.165) is 19.4 Å². The van der Waals surface area contributed by atoms with Crippen molar-refractivity contribution in [2.24, 2.45) is 5.92 Å². The monoisotopic (exact) mass is 261 g/mol. The molecule has 0 spiro atoms. The number of aromatic nitrogens is 2. The minimum Gasteiger partial charge on any atom is -0.334 e. The number of hydrogen-bond acceptors (Lipinski definition) is 3. The second-order valence-corrected chi connectivity index (χ2v) is 5.56. The van der Waals surface area contributed by atoms with Crippen LogP contribution in [0.2, 0.25) is 0 Å². The molecular formula is C14H19N3O2. The lowest BCUT2D eigenvalue weighted by atomic mass is 9.96. The molecule has 1 aliphatic heterocycles. The van der Waals surface area contributed by atoms with E-state index in [1.54, 1.807) is 0 Å². The van der Waals surface area contributed by atoms with Crippen LogP contribution >= 0.6 is 0 Å². The molecule has 1 atom stereocenters. The fourth-order valence-corrected chi connectivity index (χ4v) is 3.49. The van der Waals surface area contributed by atoms with Gasteiger partial charge >= 0.3 is 0 Å². The van der Waals surface area contributed by atoms with Crippen molar-refractivity contribution in [3.05, 3.63) is 28.2 Å². The van der Waals surface area contributed by atoms with E-state index in [1.165, 1.54) is 37.8 Å². The Bertz CT molecular complexity index is 499. The lowest BCUT2D eigenvalue weighted by Gasteiger charge is -2.29. The number of rotatable bonds is 2. The van der Waals surface area contributed by atoms with Crippen molar-refractivity contribution >= 4 is 5.91 Å². The molecule has 1 amide bonds. The van der Waals surface area contributed by atoms with Gasteiger partial charge in [0.15, 0.2) is 0 Å². The standard InChI is InChI=1S/C14H19N3O2/c18-13-8-7-11(15-16-13)14(19)17-9-3-6-12(17)10-4-1-2-5-10/h7-8,10,12H,1-6,9H2,(H,16,18)/t12-/m0/s1. The molecule has 5 nitrogen and oxygen atoms in total. The molecule has 2 heterocycles. The molecule has 5 heteroatoms. The number of carbonyl (C=O) groups excluding carboxylic acids is 1. The fraction of sp³-hybridized carbons (Fsp3) is 0.643. The number of nitrogens with zero attached hydrogens (tertiary/aromatic N) is 2. The highest BCUT2D eigenvalue weighted by Crippen LogP contribution is 2.35. The van der Waals surface area contributed by atoms with Crippen LogP contribution < -0.4 is 5.56 Å². The molecule has 0 bridgehead atoms. The van der Waals surface area contributed by atoms with Crippen molar-refractivity contribution in [3.63, 3.8) is 0 Å². The lowest BCUT2D eigenvalue weighted by molar-refractivity contribution is 0.0681. The summed E-state index contributed by atoms with van der Waals surface area (Å²) in [7, 11) is 0. The average Bonchev–Trinajstić information content (AvgIpc) is 3.09. The smallest absolute Gasteiger partial charge is 0.274 e. The Morgan fingerprint density at radius 1 is 1.21 bits per heavy atom. The summed E-state index contributed by atoms with van der Waals surface area (Å²) in [6.07, 6.45) is 7.26. The van der Waals surface area contributed by atoms with Gasteiger partial charge in [0.2, 0.25) is 0 Å². The molecule has 2 aliphatic rings. The van der Waals surface area contributed by atoms with Gasteiger partial charge < -0.3 is 4.90 Å². The zero-order chi connectivity index (χ0) is 13.2. The predicted octanol–water partition coefficient (Wildman–Crippen LogP) is 1.56. The number of carbonyl (C=O) groups is 1. The van der Waals surface area contributed by atoms with E-state index in [4.69, 9.17) is 0 Å².